The van der Waals surface area contributed by atoms with E-state index in [4.69, 9.17) is 11.6 Å². The van der Waals surface area contributed by atoms with Crippen LogP contribution in [0.1, 0.15) is 32.5 Å². The van der Waals surface area contributed by atoms with E-state index in [1.165, 1.54) is 0 Å². The average molecular weight is 307 g/mol. The van der Waals surface area contributed by atoms with Crippen LogP contribution in [0.3, 0.4) is 0 Å². The monoisotopic (exact) mass is 306 g/mol. The molecule has 0 aliphatic rings. The molecule has 0 aliphatic carbocycles. The Hall–Kier alpha value is -1.95. The van der Waals surface area contributed by atoms with Gasteiger partial charge in [0.05, 0.1) is 11.7 Å². The number of halogens is 1. The summed E-state index contributed by atoms with van der Waals surface area (Å²) in [5.41, 5.74) is 0.915. The first-order valence-corrected chi connectivity index (χ1v) is 7.35. The molecule has 2 rings (SSSR count). The molecule has 21 heavy (non-hydrogen) atoms. The molecule has 0 aromatic carbocycles. The second kappa shape index (κ2) is 7.17. The second-order valence-electron chi connectivity index (χ2n) is 4.52. The number of hydrogen-bond acceptors (Lipinski definition) is 6. The van der Waals surface area contributed by atoms with E-state index in [1.807, 2.05) is 43.9 Å². The largest absolute Gasteiger partial charge is 0.346 e. The van der Waals surface area contributed by atoms with Crippen molar-refractivity contribution in [3.05, 3.63) is 35.4 Å². The Balaban J connectivity index is 2.20. The highest BCUT2D eigenvalue weighted by atomic mass is 35.5. The Kier molecular flexibility index (Phi) is 5.27. The highest BCUT2D eigenvalue weighted by Crippen LogP contribution is 2.18. The summed E-state index contributed by atoms with van der Waals surface area (Å²) in [5.74, 6) is 1.03. The van der Waals surface area contributed by atoms with Gasteiger partial charge in [-0.2, -0.15) is 15.0 Å². The lowest BCUT2D eigenvalue weighted by Crippen LogP contribution is -2.25. The van der Waals surface area contributed by atoms with Crippen molar-refractivity contribution < 1.29 is 0 Å². The van der Waals surface area contributed by atoms with E-state index in [9.17, 15) is 0 Å². The smallest absolute Gasteiger partial charge is 0.231 e. The molecule has 0 bridgehead atoms. The Morgan fingerprint density at radius 2 is 1.95 bits per heavy atom. The summed E-state index contributed by atoms with van der Waals surface area (Å²) in [4.78, 5) is 19.0. The summed E-state index contributed by atoms with van der Waals surface area (Å²) < 4.78 is 0. The molecule has 1 atom stereocenters. The van der Waals surface area contributed by atoms with Crippen LogP contribution >= 0.6 is 11.6 Å². The standard InChI is InChI=1S/C14H19ClN6/c1-4-21(5-2)14-19-12(15)18-13(20-14)17-10(3)11-8-6-7-9-16-11/h6-10H,4-5H2,1-3H3,(H,17,18,19,20). The number of rotatable bonds is 6. The van der Waals surface area contributed by atoms with Gasteiger partial charge in [-0.25, -0.2) is 0 Å². The maximum atomic E-state index is 5.99. The summed E-state index contributed by atoms with van der Waals surface area (Å²) in [7, 11) is 0. The summed E-state index contributed by atoms with van der Waals surface area (Å²) in [6.07, 6.45) is 1.76. The topological polar surface area (TPSA) is 66.8 Å². The highest BCUT2D eigenvalue weighted by molar-refractivity contribution is 6.28. The maximum Gasteiger partial charge on any atom is 0.231 e. The van der Waals surface area contributed by atoms with Crippen molar-refractivity contribution >= 4 is 23.5 Å². The zero-order chi connectivity index (χ0) is 15.2. The van der Waals surface area contributed by atoms with Gasteiger partial charge in [0.2, 0.25) is 17.2 Å². The minimum absolute atomic E-state index is 0.0192. The lowest BCUT2D eigenvalue weighted by Gasteiger charge is -2.20. The second-order valence-corrected chi connectivity index (χ2v) is 4.86. The summed E-state index contributed by atoms with van der Waals surface area (Å²) in [6, 6.07) is 5.76. The van der Waals surface area contributed by atoms with Gasteiger partial charge in [0.15, 0.2) is 0 Å². The van der Waals surface area contributed by atoms with Crippen LogP contribution in [0, 0.1) is 0 Å². The predicted octanol–water partition coefficient (Wildman–Crippen LogP) is 2.94. The fourth-order valence-electron chi connectivity index (χ4n) is 1.95. The van der Waals surface area contributed by atoms with Crippen LogP contribution in [0.2, 0.25) is 5.28 Å². The van der Waals surface area contributed by atoms with Crippen LogP contribution in [0.25, 0.3) is 0 Å². The van der Waals surface area contributed by atoms with E-state index in [-0.39, 0.29) is 11.3 Å². The SMILES string of the molecule is CCN(CC)c1nc(Cl)nc(NC(C)c2ccccn2)n1. The third-order valence-electron chi connectivity index (χ3n) is 3.12. The predicted molar refractivity (Wildman–Crippen MR) is 84.7 cm³/mol. The normalized spacial score (nSPS) is 12.0. The number of hydrogen-bond donors (Lipinski definition) is 1. The van der Waals surface area contributed by atoms with Crippen LogP contribution in [0.4, 0.5) is 11.9 Å². The molecule has 0 amide bonds. The first kappa shape index (κ1) is 15.4. The Morgan fingerprint density at radius 1 is 1.19 bits per heavy atom. The highest BCUT2D eigenvalue weighted by Gasteiger charge is 2.13. The molecule has 6 nitrogen and oxygen atoms in total. The molecule has 2 aromatic heterocycles. The quantitative estimate of drug-likeness (QED) is 0.885. The van der Waals surface area contributed by atoms with E-state index >= 15 is 0 Å². The number of nitrogens with zero attached hydrogens (tertiary/aromatic N) is 5. The molecule has 0 saturated heterocycles. The van der Waals surface area contributed by atoms with E-state index in [0.717, 1.165) is 18.8 Å². The molecule has 0 fully saturated rings. The summed E-state index contributed by atoms with van der Waals surface area (Å²) in [6.45, 7) is 7.71. The van der Waals surface area contributed by atoms with E-state index < -0.39 is 0 Å². The Labute approximate surface area is 129 Å². The number of aromatic nitrogens is 4. The van der Waals surface area contributed by atoms with Crippen LogP contribution < -0.4 is 10.2 Å². The van der Waals surface area contributed by atoms with Crippen molar-refractivity contribution in [2.24, 2.45) is 0 Å². The van der Waals surface area contributed by atoms with Gasteiger partial charge in [0.25, 0.3) is 0 Å². The van der Waals surface area contributed by atoms with Crippen molar-refractivity contribution in [2.75, 3.05) is 23.3 Å². The lowest BCUT2D eigenvalue weighted by molar-refractivity contribution is 0.790. The fraction of sp³-hybridized carbons (Fsp3) is 0.429. The molecule has 2 aromatic rings. The zero-order valence-electron chi connectivity index (χ0n) is 12.4. The molecule has 0 saturated carbocycles. The molecular weight excluding hydrogens is 288 g/mol. The van der Waals surface area contributed by atoms with Crippen LogP contribution in [-0.4, -0.2) is 33.0 Å². The molecule has 0 radical (unpaired) electrons. The van der Waals surface area contributed by atoms with Gasteiger partial charge in [-0.05, 0) is 44.5 Å². The average Bonchev–Trinajstić information content (AvgIpc) is 2.49. The van der Waals surface area contributed by atoms with Crippen molar-refractivity contribution in [1.29, 1.82) is 0 Å². The third kappa shape index (κ3) is 4.01. The van der Waals surface area contributed by atoms with Gasteiger partial charge >= 0.3 is 0 Å². The van der Waals surface area contributed by atoms with E-state index in [2.05, 4.69) is 25.3 Å². The zero-order valence-corrected chi connectivity index (χ0v) is 13.2. The molecule has 0 aliphatic heterocycles. The maximum absolute atomic E-state index is 5.99. The van der Waals surface area contributed by atoms with Crippen molar-refractivity contribution in [3.63, 3.8) is 0 Å². The van der Waals surface area contributed by atoms with Gasteiger partial charge < -0.3 is 10.2 Å². The van der Waals surface area contributed by atoms with E-state index in [1.54, 1.807) is 6.20 Å². The minimum Gasteiger partial charge on any atom is -0.346 e. The molecule has 7 heteroatoms. The molecular formula is C14H19ClN6. The molecule has 112 valence electrons. The fourth-order valence-corrected chi connectivity index (χ4v) is 2.11. The molecule has 0 spiro atoms. The molecule has 1 N–H and O–H groups in total. The first-order valence-electron chi connectivity index (χ1n) is 6.98. The van der Waals surface area contributed by atoms with Crippen LogP contribution in [0.15, 0.2) is 24.4 Å². The summed E-state index contributed by atoms with van der Waals surface area (Å²) >= 11 is 5.99. The van der Waals surface area contributed by atoms with Crippen LogP contribution in [0.5, 0.6) is 0 Å². The Bertz CT molecular complexity index is 573. The van der Waals surface area contributed by atoms with Crippen molar-refractivity contribution in [3.8, 4) is 0 Å². The third-order valence-corrected chi connectivity index (χ3v) is 3.29. The number of nitrogens with one attached hydrogen (secondary N) is 1. The first-order chi connectivity index (χ1) is 10.1. The van der Waals surface area contributed by atoms with Crippen molar-refractivity contribution in [1.82, 2.24) is 19.9 Å². The van der Waals surface area contributed by atoms with E-state index in [0.29, 0.717) is 11.9 Å². The number of anilines is 2. The van der Waals surface area contributed by atoms with Crippen LogP contribution in [-0.2, 0) is 0 Å². The molecule has 1 unspecified atom stereocenters. The number of pyridine rings is 1. The van der Waals surface area contributed by atoms with Gasteiger partial charge in [0.1, 0.15) is 0 Å². The summed E-state index contributed by atoms with van der Waals surface area (Å²) in [5, 5.41) is 3.39. The van der Waals surface area contributed by atoms with Gasteiger partial charge in [-0.3, -0.25) is 4.98 Å². The van der Waals surface area contributed by atoms with Gasteiger partial charge in [-0.1, -0.05) is 6.07 Å². The van der Waals surface area contributed by atoms with Gasteiger partial charge in [0, 0.05) is 19.3 Å². The lowest BCUT2D eigenvalue weighted by atomic mass is 10.2. The molecule has 2 heterocycles. The van der Waals surface area contributed by atoms with Gasteiger partial charge in [-0.15, -0.1) is 0 Å². The Morgan fingerprint density at radius 3 is 2.57 bits per heavy atom. The minimum atomic E-state index is -0.0192. The van der Waals surface area contributed by atoms with Crippen molar-refractivity contribution in [2.45, 2.75) is 26.8 Å².